The number of carbonyl (C=O) groups excluding carboxylic acids is 1. The van der Waals surface area contributed by atoms with E-state index in [0.717, 1.165) is 11.8 Å². The smallest absolute Gasteiger partial charge is 0.218 e. The van der Waals surface area contributed by atoms with Gasteiger partial charge in [0.15, 0.2) is 0 Å². The second-order valence-electron chi connectivity index (χ2n) is 1.35. The van der Waals surface area contributed by atoms with Crippen LogP contribution in [0, 0.1) is 0 Å². The fraction of sp³-hybridized carbons (Fsp3) is 0.167. The SMILES string of the molecule is C=CSC(=O)C(=C)C. The van der Waals surface area contributed by atoms with E-state index in [1.807, 2.05) is 0 Å². The lowest BCUT2D eigenvalue weighted by molar-refractivity contribution is -0.107. The van der Waals surface area contributed by atoms with Gasteiger partial charge < -0.3 is 0 Å². The Bertz CT molecular complexity index is 126. The maximum atomic E-state index is 10.5. The second kappa shape index (κ2) is 3.50. The molecule has 0 aliphatic carbocycles. The minimum Gasteiger partial charge on any atom is -0.282 e. The summed E-state index contributed by atoms with van der Waals surface area (Å²) in [7, 11) is 0. The molecule has 0 aromatic carbocycles. The number of thioether (sulfide) groups is 1. The molecule has 0 amide bonds. The third kappa shape index (κ3) is 2.64. The van der Waals surface area contributed by atoms with Crippen LogP contribution in [0.15, 0.2) is 24.1 Å². The predicted octanol–water partition coefficient (Wildman–Crippen LogP) is 1.97. The molecule has 0 N–H and O–H groups in total. The Labute approximate surface area is 53.5 Å². The zero-order valence-electron chi connectivity index (χ0n) is 4.81. The number of carbonyl (C=O) groups is 1. The molecule has 0 saturated heterocycles. The highest BCUT2D eigenvalue weighted by atomic mass is 32.2. The van der Waals surface area contributed by atoms with Crippen molar-refractivity contribution < 1.29 is 4.79 Å². The standard InChI is InChI=1S/C6H8OS/c1-4-8-6(7)5(2)3/h4H,1-2H2,3H3. The van der Waals surface area contributed by atoms with E-state index in [1.54, 1.807) is 6.92 Å². The van der Waals surface area contributed by atoms with Gasteiger partial charge in [-0.15, -0.1) is 0 Å². The summed E-state index contributed by atoms with van der Waals surface area (Å²) in [4.78, 5) is 10.5. The average Bonchev–Trinajstić information content (AvgIpc) is 1.67. The highest BCUT2D eigenvalue weighted by molar-refractivity contribution is 8.16. The third-order valence-electron chi connectivity index (χ3n) is 0.539. The van der Waals surface area contributed by atoms with E-state index in [2.05, 4.69) is 13.2 Å². The molecule has 8 heavy (non-hydrogen) atoms. The topological polar surface area (TPSA) is 17.1 Å². The van der Waals surface area contributed by atoms with E-state index in [9.17, 15) is 4.79 Å². The predicted molar refractivity (Wildman–Crippen MR) is 37.6 cm³/mol. The molecular formula is C6H8OS. The first-order valence-corrected chi connectivity index (χ1v) is 3.04. The molecule has 0 atom stereocenters. The molecule has 44 valence electrons. The fourth-order valence-electron chi connectivity index (χ4n) is 0.176. The van der Waals surface area contributed by atoms with Crippen LogP contribution in [-0.2, 0) is 4.79 Å². The van der Waals surface area contributed by atoms with Crippen LogP contribution in [0.3, 0.4) is 0 Å². The molecule has 0 aromatic heterocycles. The minimum atomic E-state index is -0.0139. The summed E-state index contributed by atoms with van der Waals surface area (Å²) >= 11 is 1.06. The molecule has 0 spiro atoms. The minimum absolute atomic E-state index is 0.0139. The Balaban J connectivity index is 3.65. The normalized spacial score (nSPS) is 8.12. The Hall–Kier alpha value is -0.500. The Kier molecular flexibility index (Phi) is 3.28. The van der Waals surface area contributed by atoms with Gasteiger partial charge in [0.2, 0.25) is 5.12 Å². The first-order valence-electron chi connectivity index (χ1n) is 2.16. The molecule has 2 heteroatoms. The van der Waals surface area contributed by atoms with E-state index < -0.39 is 0 Å². The Morgan fingerprint density at radius 2 is 2.25 bits per heavy atom. The van der Waals surface area contributed by atoms with Crippen LogP contribution in [0.5, 0.6) is 0 Å². The number of hydrogen-bond acceptors (Lipinski definition) is 2. The van der Waals surface area contributed by atoms with Crippen molar-refractivity contribution in [3.05, 3.63) is 24.1 Å². The summed E-state index contributed by atoms with van der Waals surface area (Å²) in [6, 6.07) is 0. The van der Waals surface area contributed by atoms with Gasteiger partial charge in [0, 0.05) is 0 Å². The first-order chi connectivity index (χ1) is 3.68. The van der Waals surface area contributed by atoms with Gasteiger partial charge in [-0.3, -0.25) is 4.79 Å². The van der Waals surface area contributed by atoms with Crippen molar-refractivity contribution in [1.29, 1.82) is 0 Å². The highest BCUT2D eigenvalue weighted by Crippen LogP contribution is 2.07. The summed E-state index contributed by atoms with van der Waals surface area (Å²) < 4.78 is 0. The molecule has 1 nitrogen and oxygen atoms in total. The van der Waals surface area contributed by atoms with Crippen molar-refractivity contribution in [1.82, 2.24) is 0 Å². The lowest BCUT2D eigenvalue weighted by Crippen LogP contribution is -1.87. The number of hydrogen-bond donors (Lipinski definition) is 0. The van der Waals surface area contributed by atoms with Crippen molar-refractivity contribution in [2.45, 2.75) is 6.92 Å². The van der Waals surface area contributed by atoms with Crippen molar-refractivity contribution >= 4 is 16.9 Å². The van der Waals surface area contributed by atoms with Crippen LogP contribution in [0.1, 0.15) is 6.92 Å². The maximum absolute atomic E-state index is 10.5. The average molecular weight is 128 g/mol. The fourth-order valence-corrected chi connectivity index (χ4v) is 0.529. The molecule has 0 saturated carbocycles. The zero-order chi connectivity index (χ0) is 6.57. The molecule has 0 aromatic rings. The molecule has 0 heterocycles. The molecule has 0 unspecified atom stereocenters. The van der Waals surface area contributed by atoms with Gasteiger partial charge >= 0.3 is 0 Å². The Morgan fingerprint density at radius 1 is 1.75 bits per heavy atom. The Morgan fingerprint density at radius 3 is 2.38 bits per heavy atom. The van der Waals surface area contributed by atoms with E-state index in [0.29, 0.717) is 5.57 Å². The molecule has 0 rings (SSSR count). The lowest BCUT2D eigenvalue weighted by atomic mass is 10.4. The largest absolute Gasteiger partial charge is 0.282 e. The molecule has 0 aliphatic rings. The molecule has 0 fully saturated rings. The quantitative estimate of drug-likeness (QED) is 0.529. The summed E-state index contributed by atoms with van der Waals surface area (Å²) in [5.41, 5.74) is 0.565. The van der Waals surface area contributed by atoms with Crippen LogP contribution in [0.2, 0.25) is 0 Å². The number of rotatable bonds is 2. The van der Waals surface area contributed by atoms with Crippen molar-refractivity contribution in [3.8, 4) is 0 Å². The first kappa shape index (κ1) is 7.50. The third-order valence-corrected chi connectivity index (χ3v) is 1.27. The molecular weight excluding hydrogens is 120 g/mol. The van der Waals surface area contributed by atoms with Crippen LogP contribution in [0.4, 0.5) is 0 Å². The summed E-state index contributed by atoms with van der Waals surface area (Å²) in [5, 5.41) is 1.48. The van der Waals surface area contributed by atoms with Crippen LogP contribution < -0.4 is 0 Å². The van der Waals surface area contributed by atoms with E-state index >= 15 is 0 Å². The van der Waals surface area contributed by atoms with Crippen molar-refractivity contribution in [2.75, 3.05) is 0 Å². The van der Waals surface area contributed by atoms with E-state index in [-0.39, 0.29) is 5.12 Å². The van der Waals surface area contributed by atoms with Gasteiger partial charge in [-0.1, -0.05) is 24.9 Å². The van der Waals surface area contributed by atoms with E-state index in [4.69, 9.17) is 0 Å². The van der Waals surface area contributed by atoms with Gasteiger partial charge in [0.25, 0.3) is 0 Å². The van der Waals surface area contributed by atoms with Gasteiger partial charge in [-0.25, -0.2) is 0 Å². The lowest BCUT2D eigenvalue weighted by Gasteiger charge is -1.88. The van der Waals surface area contributed by atoms with Gasteiger partial charge in [-0.2, -0.15) is 0 Å². The van der Waals surface area contributed by atoms with Gasteiger partial charge in [0.05, 0.1) is 0 Å². The van der Waals surface area contributed by atoms with Gasteiger partial charge in [0.1, 0.15) is 0 Å². The van der Waals surface area contributed by atoms with Gasteiger partial charge in [-0.05, 0) is 17.9 Å². The maximum Gasteiger partial charge on any atom is 0.218 e. The van der Waals surface area contributed by atoms with Crippen LogP contribution in [-0.4, -0.2) is 5.12 Å². The summed E-state index contributed by atoms with van der Waals surface area (Å²) in [6.07, 6.45) is 0. The monoisotopic (exact) mass is 128 g/mol. The van der Waals surface area contributed by atoms with Crippen LogP contribution >= 0.6 is 11.8 Å². The molecule has 0 radical (unpaired) electrons. The zero-order valence-corrected chi connectivity index (χ0v) is 5.62. The second-order valence-corrected chi connectivity index (χ2v) is 2.29. The van der Waals surface area contributed by atoms with Crippen molar-refractivity contribution in [3.63, 3.8) is 0 Å². The van der Waals surface area contributed by atoms with Crippen LogP contribution in [0.25, 0.3) is 0 Å². The van der Waals surface area contributed by atoms with E-state index in [1.165, 1.54) is 5.41 Å². The highest BCUT2D eigenvalue weighted by Gasteiger charge is 1.96. The molecule has 0 bridgehead atoms. The molecule has 0 aliphatic heterocycles. The van der Waals surface area contributed by atoms with Crippen molar-refractivity contribution in [2.24, 2.45) is 0 Å². The summed E-state index contributed by atoms with van der Waals surface area (Å²) in [5.74, 6) is 0. The summed E-state index contributed by atoms with van der Waals surface area (Å²) in [6.45, 7) is 8.52.